The van der Waals surface area contributed by atoms with Gasteiger partial charge >= 0.3 is 5.97 Å². The topological polar surface area (TPSA) is 50.2 Å². The number of hydrogen-bond acceptors (Lipinski definition) is 3. The number of aromatic nitrogens is 1. The molecule has 1 aromatic carbocycles. The molecule has 0 spiro atoms. The van der Waals surface area contributed by atoms with Crippen LogP contribution in [0, 0.1) is 12.3 Å². The lowest BCUT2D eigenvalue weighted by Crippen LogP contribution is -2.06. The van der Waals surface area contributed by atoms with Gasteiger partial charge in [0.25, 0.3) is 0 Å². The quantitative estimate of drug-likeness (QED) is 0.862. The van der Waals surface area contributed by atoms with E-state index in [-0.39, 0.29) is 11.3 Å². The third kappa shape index (κ3) is 2.53. The maximum atomic E-state index is 11.5. The minimum atomic E-state index is -1.04. The van der Waals surface area contributed by atoms with Gasteiger partial charge < -0.3 is 5.11 Å². The number of carboxylic acid groups (broad SMARTS) is 1. The molecule has 3 nitrogen and oxygen atoms in total. The van der Waals surface area contributed by atoms with Crippen molar-refractivity contribution < 1.29 is 9.90 Å². The number of carbonyl (C=O) groups is 1. The van der Waals surface area contributed by atoms with Crippen molar-refractivity contribution in [3.8, 4) is 23.5 Å². The summed E-state index contributed by atoms with van der Waals surface area (Å²) in [4.78, 5) is 16.8. The fourth-order valence-corrected chi connectivity index (χ4v) is 3.58. The van der Waals surface area contributed by atoms with E-state index in [1.54, 1.807) is 12.3 Å². The van der Waals surface area contributed by atoms with Crippen LogP contribution in [-0.2, 0) is 6.42 Å². The number of carboxylic acids is 1. The fourth-order valence-electron chi connectivity index (χ4n) is 2.56. The van der Waals surface area contributed by atoms with Gasteiger partial charge in [-0.1, -0.05) is 12.1 Å². The van der Waals surface area contributed by atoms with Crippen LogP contribution in [0.4, 0.5) is 0 Å². The van der Waals surface area contributed by atoms with Gasteiger partial charge in [0, 0.05) is 16.7 Å². The Kier molecular flexibility index (Phi) is 3.68. The summed E-state index contributed by atoms with van der Waals surface area (Å²) in [6, 6.07) is 7.81. The third-order valence-electron chi connectivity index (χ3n) is 3.52. The SMILES string of the molecule is C#Cc1nccc(-c2ccc3c(c2)CCCS3)c1C(=O)O. The molecule has 0 aliphatic carbocycles. The first-order valence-electron chi connectivity index (χ1n) is 6.65. The lowest BCUT2D eigenvalue weighted by atomic mass is 9.96. The van der Waals surface area contributed by atoms with Crippen LogP contribution in [0.15, 0.2) is 35.4 Å². The highest BCUT2D eigenvalue weighted by atomic mass is 32.2. The Labute approximate surface area is 127 Å². The van der Waals surface area contributed by atoms with Crippen LogP contribution in [0.2, 0.25) is 0 Å². The molecule has 1 aliphatic rings. The molecule has 0 atom stereocenters. The zero-order chi connectivity index (χ0) is 14.8. The number of hydrogen-bond donors (Lipinski definition) is 1. The zero-order valence-electron chi connectivity index (χ0n) is 11.3. The molecule has 4 heteroatoms. The third-order valence-corrected chi connectivity index (χ3v) is 4.72. The van der Waals surface area contributed by atoms with Crippen LogP contribution in [-0.4, -0.2) is 21.8 Å². The smallest absolute Gasteiger partial charge is 0.339 e. The number of nitrogens with zero attached hydrogens (tertiary/aromatic N) is 1. The van der Waals surface area contributed by atoms with Gasteiger partial charge in [0.1, 0.15) is 11.3 Å². The van der Waals surface area contributed by atoms with Crippen LogP contribution >= 0.6 is 11.8 Å². The van der Waals surface area contributed by atoms with Crippen molar-refractivity contribution in [2.75, 3.05) is 5.75 Å². The van der Waals surface area contributed by atoms with Gasteiger partial charge in [0.05, 0.1) is 0 Å². The minimum Gasteiger partial charge on any atom is -0.478 e. The Bertz CT molecular complexity index is 762. The molecule has 0 saturated carbocycles. The van der Waals surface area contributed by atoms with E-state index in [9.17, 15) is 9.90 Å². The summed E-state index contributed by atoms with van der Waals surface area (Å²) >= 11 is 1.85. The maximum Gasteiger partial charge on any atom is 0.339 e. The number of pyridine rings is 1. The van der Waals surface area contributed by atoms with Crippen molar-refractivity contribution in [1.82, 2.24) is 4.98 Å². The Morgan fingerprint density at radius 1 is 1.38 bits per heavy atom. The van der Waals surface area contributed by atoms with Crippen molar-refractivity contribution in [3.63, 3.8) is 0 Å². The summed E-state index contributed by atoms with van der Waals surface area (Å²) in [7, 11) is 0. The number of fused-ring (bicyclic) bond motifs is 1. The first-order chi connectivity index (χ1) is 10.2. The highest BCUT2D eigenvalue weighted by Crippen LogP contribution is 2.34. The molecule has 1 N–H and O–H groups in total. The average Bonchev–Trinajstić information content (AvgIpc) is 2.53. The highest BCUT2D eigenvalue weighted by molar-refractivity contribution is 7.99. The summed E-state index contributed by atoms with van der Waals surface area (Å²) in [5.41, 5.74) is 3.06. The minimum absolute atomic E-state index is 0.100. The van der Waals surface area contributed by atoms with Gasteiger partial charge in [0.15, 0.2) is 0 Å². The number of rotatable bonds is 2. The molecule has 0 bridgehead atoms. The van der Waals surface area contributed by atoms with Crippen molar-refractivity contribution >= 4 is 17.7 Å². The van der Waals surface area contributed by atoms with Crippen molar-refractivity contribution in [2.45, 2.75) is 17.7 Å². The largest absolute Gasteiger partial charge is 0.478 e. The average molecular weight is 295 g/mol. The second-order valence-electron chi connectivity index (χ2n) is 4.81. The molecule has 104 valence electrons. The molecule has 0 fully saturated rings. The Balaban J connectivity index is 2.17. The summed E-state index contributed by atoms with van der Waals surface area (Å²) in [6.45, 7) is 0. The molecule has 1 aliphatic heterocycles. The Morgan fingerprint density at radius 2 is 2.24 bits per heavy atom. The molecule has 0 radical (unpaired) electrons. The molecule has 1 aromatic heterocycles. The Morgan fingerprint density at radius 3 is 3.00 bits per heavy atom. The summed E-state index contributed by atoms with van der Waals surface area (Å²) in [5.74, 6) is 2.45. The van der Waals surface area contributed by atoms with E-state index in [4.69, 9.17) is 6.42 Å². The predicted molar refractivity (Wildman–Crippen MR) is 83.6 cm³/mol. The van der Waals surface area contributed by atoms with E-state index < -0.39 is 5.97 Å². The van der Waals surface area contributed by atoms with Gasteiger partial charge in [-0.05, 0) is 47.8 Å². The van der Waals surface area contributed by atoms with E-state index in [2.05, 4.69) is 23.0 Å². The van der Waals surface area contributed by atoms with Crippen molar-refractivity contribution in [1.29, 1.82) is 0 Å². The van der Waals surface area contributed by atoms with Crippen LogP contribution < -0.4 is 0 Å². The normalized spacial score (nSPS) is 13.3. The van der Waals surface area contributed by atoms with E-state index in [0.29, 0.717) is 5.56 Å². The summed E-state index contributed by atoms with van der Waals surface area (Å²) in [6.07, 6.45) is 9.11. The molecular formula is C17H13NO2S. The second kappa shape index (κ2) is 5.63. The van der Waals surface area contributed by atoms with Crippen LogP contribution in [0.5, 0.6) is 0 Å². The first-order valence-corrected chi connectivity index (χ1v) is 7.64. The van der Waals surface area contributed by atoms with Gasteiger partial charge in [-0.25, -0.2) is 9.78 Å². The highest BCUT2D eigenvalue weighted by Gasteiger charge is 2.18. The van der Waals surface area contributed by atoms with E-state index in [0.717, 1.165) is 24.2 Å². The predicted octanol–water partition coefficient (Wildman–Crippen LogP) is 3.47. The number of terminal acetylenes is 1. The molecule has 21 heavy (non-hydrogen) atoms. The number of aryl methyl sites for hydroxylation is 1. The second-order valence-corrected chi connectivity index (χ2v) is 5.94. The monoisotopic (exact) mass is 295 g/mol. The van der Waals surface area contributed by atoms with Gasteiger partial charge in [0.2, 0.25) is 0 Å². The van der Waals surface area contributed by atoms with Crippen molar-refractivity contribution in [2.24, 2.45) is 0 Å². The standard InChI is InChI=1S/C17H13NO2S/c1-2-14-16(17(19)20)13(7-8-18-14)11-5-6-15-12(10-11)4-3-9-21-15/h1,5-8,10H,3-4,9H2,(H,19,20). The van der Waals surface area contributed by atoms with Crippen molar-refractivity contribution in [3.05, 3.63) is 47.3 Å². The van der Waals surface area contributed by atoms with Crippen LogP contribution in [0.1, 0.15) is 28.0 Å². The first kappa shape index (κ1) is 13.7. The fraction of sp³-hybridized carbons (Fsp3) is 0.176. The van der Waals surface area contributed by atoms with Crippen LogP contribution in [0.25, 0.3) is 11.1 Å². The number of thioether (sulfide) groups is 1. The molecular weight excluding hydrogens is 282 g/mol. The van der Waals surface area contributed by atoms with Gasteiger partial charge in [-0.15, -0.1) is 18.2 Å². The number of benzene rings is 1. The summed E-state index contributed by atoms with van der Waals surface area (Å²) in [5, 5.41) is 9.44. The van der Waals surface area contributed by atoms with Gasteiger partial charge in [-0.2, -0.15) is 0 Å². The molecule has 2 aromatic rings. The molecule has 2 heterocycles. The Hall–Kier alpha value is -2.25. The zero-order valence-corrected chi connectivity index (χ0v) is 12.1. The maximum absolute atomic E-state index is 11.5. The van der Waals surface area contributed by atoms with E-state index in [1.165, 1.54) is 10.5 Å². The van der Waals surface area contributed by atoms with Crippen LogP contribution in [0.3, 0.4) is 0 Å². The summed E-state index contributed by atoms with van der Waals surface area (Å²) < 4.78 is 0. The van der Waals surface area contributed by atoms with E-state index in [1.807, 2.05) is 17.8 Å². The molecule has 3 rings (SSSR count). The lowest BCUT2D eigenvalue weighted by Gasteiger charge is -2.17. The molecule has 0 unspecified atom stereocenters. The number of aromatic carboxylic acids is 1. The molecule has 0 amide bonds. The van der Waals surface area contributed by atoms with E-state index >= 15 is 0 Å². The van der Waals surface area contributed by atoms with Gasteiger partial charge in [-0.3, -0.25) is 0 Å². The lowest BCUT2D eigenvalue weighted by molar-refractivity contribution is 0.0697. The molecule has 0 saturated heterocycles.